The lowest BCUT2D eigenvalue weighted by molar-refractivity contribution is -0.188. The average Bonchev–Trinajstić information content (AvgIpc) is 2.45. The molecular weight excluding hydrogens is 271 g/mol. The number of alkyl halides is 3. The Hall–Kier alpha value is -1.56. The molecule has 1 atom stereocenters. The van der Waals surface area contributed by atoms with Crippen LogP contribution in [-0.2, 0) is 16.1 Å². The SMILES string of the molecule is O=C(N1CCCC(OCc2ccccc2)C1)C(F)(F)F. The van der Waals surface area contributed by atoms with Gasteiger partial charge in [-0.2, -0.15) is 13.2 Å². The molecule has 1 aliphatic heterocycles. The second kappa shape index (κ2) is 6.26. The van der Waals surface area contributed by atoms with Crippen LogP contribution in [0.15, 0.2) is 30.3 Å². The summed E-state index contributed by atoms with van der Waals surface area (Å²) in [6.45, 7) is 0.494. The summed E-state index contributed by atoms with van der Waals surface area (Å²) in [7, 11) is 0. The normalized spacial score (nSPS) is 19.9. The van der Waals surface area contributed by atoms with Crippen molar-refractivity contribution in [2.45, 2.75) is 31.7 Å². The van der Waals surface area contributed by atoms with Gasteiger partial charge in [-0.15, -0.1) is 0 Å². The largest absolute Gasteiger partial charge is 0.471 e. The monoisotopic (exact) mass is 287 g/mol. The lowest BCUT2D eigenvalue weighted by Crippen LogP contribution is -2.48. The number of amides is 1. The molecule has 3 nitrogen and oxygen atoms in total. The number of benzene rings is 1. The van der Waals surface area contributed by atoms with Crippen molar-refractivity contribution in [3.63, 3.8) is 0 Å². The first kappa shape index (κ1) is 14.8. The fourth-order valence-corrected chi connectivity index (χ4v) is 2.23. The highest BCUT2D eigenvalue weighted by atomic mass is 19.4. The molecule has 2 rings (SSSR count). The molecule has 0 spiro atoms. The van der Waals surface area contributed by atoms with E-state index >= 15 is 0 Å². The lowest BCUT2D eigenvalue weighted by Gasteiger charge is -2.33. The Balaban J connectivity index is 1.86. The van der Waals surface area contributed by atoms with Crippen molar-refractivity contribution in [2.24, 2.45) is 0 Å². The number of likely N-dealkylation sites (tertiary alicyclic amines) is 1. The maximum Gasteiger partial charge on any atom is 0.471 e. The van der Waals surface area contributed by atoms with E-state index in [1.807, 2.05) is 30.3 Å². The summed E-state index contributed by atoms with van der Waals surface area (Å²) in [6, 6.07) is 9.41. The maximum atomic E-state index is 12.4. The van der Waals surface area contributed by atoms with E-state index in [4.69, 9.17) is 4.74 Å². The van der Waals surface area contributed by atoms with Crippen LogP contribution >= 0.6 is 0 Å². The van der Waals surface area contributed by atoms with Gasteiger partial charge in [0.15, 0.2) is 0 Å². The third-order valence-corrected chi connectivity index (χ3v) is 3.24. The van der Waals surface area contributed by atoms with Crippen LogP contribution in [0.25, 0.3) is 0 Å². The molecule has 1 unspecified atom stereocenters. The van der Waals surface area contributed by atoms with Gasteiger partial charge in [0.05, 0.1) is 12.7 Å². The molecule has 1 amide bonds. The zero-order valence-corrected chi connectivity index (χ0v) is 10.9. The van der Waals surface area contributed by atoms with Crippen molar-refractivity contribution < 1.29 is 22.7 Å². The average molecular weight is 287 g/mol. The second-order valence-corrected chi connectivity index (χ2v) is 4.81. The summed E-state index contributed by atoms with van der Waals surface area (Å²) in [5.41, 5.74) is 0.965. The van der Waals surface area contributed by atoms with Gasteiger partial charge in [0.1, 0.15) is 0 Å². The van der Waals surface area contributed by atoms with E-state index < -0.39 is 12.1 Å². The molecule has 1 heterocycles. The summed E-state index contributed by atoms with van der Waals surface area (Å²) in [4.78, 5) is 12.0. The molecule has 1 fully saturated rings. The van der Waals surface area contributed by atoms with Gasteiger partial charge < -0.3 is 9.64 Å². The topological polar surface area (TPSA) is 29.5 Å². The molecule has 0 saturated carbocycles. The van der Waals surface area contributed by atoms with E-state index in [9.17, 15) is 18.0 Å². The number of halogens is 3. The molecule has 0 radical (unpaired) electrons. The van der Waals surface area contributed by atoms with Crippen molar-refractivity contribution in [1.82, 2.24) is 4.90 Å². The van der Waals surface area contributed by atoms with Crippen molar-refractivity contribution >= 4 is 5.91 Å². The molecule has 1 saturated heterocycles. The van der Waals surface area contributed by atoms with Crippen LogP contribution < -0.4 is 0 Å². The van der Waals surface area contributed by atoms with E-state index in [-0.39, 0.29) is 19.2 Å². The zero-order valence-electron chi connectivity index (χ0n) is 10.9. The number of nitrogens with zero attached hydrogens (tertiary/aromatic N) is 1. The fourth-order valence-electron chi connectivity index (χ4n) is 2.23. The Morgan fingerprint density at radius 1 is 1.30 bits per heavy atom. The van der Waals surface area contributed by atoms with E-state index in [2.05, 4.69) is 0 Å². The lowest BCUT2D eigenvalue weighted by atomic mass is 10.1. The Bertz CT molecular complexity index is 447. The second-order valence-electron chi connectivity index (χ2n) is 4.81. The van der Waals surface area contributed by atoms with Gasteiger partial charge in [0, 0.05) is 13.1 Å². The molecular formula is C14H16F3NO2. The van der Waals surface area contributed by atoms with Gasteiger partial charge in [0.25, 0.3) is 0 Å². The fraction of sp³-hybridized carbons (Fsp3) is 0.500. The summed E-state index contributed by atoms with van der Waals surface area (Å²) in [5.74, 6) is -1.77. The Kier molecular flexibility index (Phi) is 4.65. The highest BCUT2D eigenvalue weighted by Gasteiger charge is 2.43. The molecule has 0 N–H and O–H groups in total. The van der Waals surface area contributed by atoms with Gasteiger partial charge >= 0.3 is 12.1 Å². The molecule has 20 heavy (non-hydrogen) atoms. The first-order chi connectivity index (χ1) is 9.47. The third kappa shape index (κ3) is 3.96. The van der Waals surface area contributed by atoms with Crippen LogP contribution in [0.1, 0.15) is 18.4 Å². The molecule has 0 bridgehead atoms. The van der Waals surface area contributed by atoms with Crippen LogP contribution in [0.5, 0.6) is 0 Å². The number of carbonyl (C=O) groups is 1. The van der Waals surface area contributed by atoms with Gasteiger partial charge in [-0.25, -0.2) is 0 Å². The van der Waals surface area contributed by atoms with Crippen LogP contribution in [0.3, 0.4) is 0 Å². The van der Waals surface area contributed by atoms with Crippen LogP contribution in [0.2, 0.25) is 0 Å². The van der Waals surface area contributed by atoms with E-state index in [0.29, 0.717) is 19.4 Å². The minimum Gasteiger partial charge on any atom is -0.372 e. The third-order valence-electron chi connectivity index (χ3n) is 3.24. The number of piperidine rings is 1. The predicted molar refractivity (Wildman–Crippen MR) is 66.9 cm³/mol. The molecule has 0 aliphatic carbocycles. The Labute approximate surface area is 115 Å². The summed E-state index contributed by atoms with van der Waals surface area (Å²) >= 11 is 0. The smallest absolute Gasteiger partial charge is 0.372 e. The summed E-state index contributed by atoms with van der Waals surface area (Å²) < 4.78 is 42.7. The first-order valence-corrected chi connectivity index (χ1v) is 6.48. The molecule has 1 aromatic rings. The number of hydrogen-bond donors (Lipinski definition) is 0. The van der Waals surface area contributed by atoms with Crippen LogP contribution in [-0.4, -0.2) is 36.2 Å². The van der Waals surface area contributed by atoms with E-state index in [0.717, 1.165) is 10.5 Å². The number of ether oxygens (including phenoxy) is 1. The van der Waals surface area contributed by atoms with Crippen molar-refractivity contribution in [3.05, 3.63) is 35.9 Å². The number of rotatable bonds is 3. The van der Waals surface area contributed by atoms with Gasteiger partial charge in [-0.3, -0.25) is 4.79 Å². The zero-order chi connectivity index (χ0) is 14.6. The number of hydrogen-bond acceptors (Lipinski definition) is 2. The van der Waals surface area contributed by atoms with E-state index in [1.54, 1.807) is 0 Å². The molecule has 110 valence electrons. The Morgan fingerprint density at radius 3 is 2.65 bits per heavy atom. The van der Waals surface area contributed by atoms with Crippen LogP contribution in [0.4, 0.5) is 13.2 Å². The summed E-state index contributed by atoms with van der Waals surface area (Å²) in [6.07, 6.45) is -3.94. The Morgan fingerprint density at radius 2 is 2.00 bits per heavy atom. The van der Waals surface area contributed by atoms with Gasteiger partial charge in [-0.1, -0.05) is 30.3 Å². The van der Waals surface area contributed by atoms with Crippen molar-refractivity contribution in [1.29, 1.82) is 0 Å². The highest BCUT2D eigenvalue weighted by molar-refractivity contribution is 5.81. The highest BCUT2D eigenvalue weighted by Crippen LogP contribution is 2.22. The van der Waals surface area contributed by atoms with Crippen molar-refractivity contribution in [2.75, 3.05) is 13.1 Å². The molecule has 1 aliphatic rings. The maximum absolute atomic E-state index is 12.4. The quantitative estimate of drug-likeness (QED) is 0.855. The van der Waals surface area contributed by atoms with Gasteiger partial charge in [-0.05, 0) is 18.4 Å². The van der Waals surface area contributed by atoms with Crippen LogP contribution in [0, 0.1) is 0 Å². The van der Waals surface area contributed by atoms with Crippen molar-refractivity contribution in [3.8, 4) is 0 Å². The molecule has 0 aromatic heterocycles. The van der Waals surface area contributed by atoms with Gasteiger partial charge in [0.2, 0.25) is 0 Å². The standard InChI is InChI=1S/C14H16F3NO2/c15-14(16,17)13(19)18-8-4-7-12(9-18)20-10-11-5-2-1-3-6-11/h1-3,5-6,12H,4,7-10H2. The molecule has 1 aromatic carbocycles. The molecule has 6 heteroatoms. The number of carbonyl (C=O) groups excluding carboxylic acids is 1. The predicted octanol–water partition coefficient (Wildman–Crippen LogP) is 2.76. The minimum absolute atomic E-state index is 0.00514. The first-order valence-electron chi connectivity index (χ1n) is 6.48. The summed E-state index contributed by atoms with van der Waals surface area (Å²) in [5, 5.41) is 0. The van der Waals surface area contributed by atoms with E-state index in [1.165, 1.54) is 0 Å². The minimum atomic E-state index is -4.80.